The normalized spacial score (nSPS) is 18.2. The maximum absolute atomic E-state index is 15.6. The van der Waals surface area contributed by atoms with Gasteiger partial charge in [-0.1, -0.05) is 39.2 Å². The van der Waals surface area contributed by atoms with Gasteiger partial charge < -0.3 is 30.3 Å². The summed E-state index contributed by atoms with van der Waals surface area (Å²) < 4.78 is 17.4. The fraction of sp³-hybridized carbons (Fsp3) is 0.576. The van der Waals surface area contributed by atoms with Crippen molar-refractivity contribution < 1.29 is 23.6 Å². The second kappa shape index (κ2) is 15.3. The summed E-state index contributed by atoms with van der Waals surface area (Å²) in [5.41, 5.74) is 1.00. The number of anilines is 1. The first-order valence-corrected chi connectivity index (χ1v) is 16.0. The van der Waals surface area contributed by atoms with Crippen LogP contribution in [-0.4, -0.2) is 83.3 Å². The molecule has 1 saturated heterocycles. The van der Waals surface area contributed by atoms with Crippen LogP contribution in [0, 0.1) is 11.7 Å². The first kappa shape index (κ1) is 33.2. The van der Waals surface area contributed by atoms with E-state index in [4.69, 9.17) is 0 Å². The number of nitrogens with one attached hydrogen (secondary N) is 3. The fourth-order valence-corrected chi connectivity index (χ4v) is 6.19. The van der Waals surface area contributed by atoms with Crippen molar-refractivity contribution in [2.24, 2.45) is 5.92 Å². The molecule has 10 nitrogen and oxygen atoms in total. The lowest BCUT2D eigenvalue weighted by molar-refractivity contribution is -0.138. The van der Waals surface area contributed by atoms with Gasteiger partial charge in [0.15, 0.2) is 0 Å². The smallest absolute Gasteiger partial charge is 0.268 e. The molecule has 4 amide bonds. The summed E-state index contributed by atoms with van der Waals surface area (Å²) in [6, 6.07) is 6.33. The maximum Gasteiger partial charge on any atom is 0.268 e. The minimum Gasteiger partial charge on any atom is -0.344 e. The Bertz CT molecular complexity index is 1320. The molecule has 1 aromatic heterocycles. The number of nitrogens with zero attached hydrogens (tertiary/aromatic N) is 3. The summed E-state index contributed by atoms with van der Waals surface area (Å²) in [7, 11) is 2.00. The Labute approximate surface area is 259 Å². The number of carbonyl (C=O) groups is 4. The molecule has 0 spiro atoms. The van der Waals surface area contributed by atoms with E-state index >= 15 is 4.39 Å². The number of amides is 4. The van der Waals surface area contributed by atoms with E-state index in [0.29, 0.717) is 30.9 Å². The van der Waals surface area contributed by atoms with Crippen LogP contribution < -0.4 is 16.0 Å². The van der Waals surface area contributed by atoms with Gasteiger partial charge in [0, 0.05) is 51.3 Å². The minimum atomic E-state index is -0.848. The van der Waals surface area contributed by atoms with Gasteiger partial charge in [-0.3, -0.25) is 19.2 Å². The maximum atomic E-state index is 15.6. The van der Waals surface area contributed by atoms with Crippen LogP contribution in [0.25, 0.3) is 0 Å². The van der Waals surface area contributed by atoms with Gasteiger partial charge in [0.25, 0.3) is 5.91 Å². The molecule has 1 aliphatic heterocycles. The van der Waals surface area contributed by atoms with E-state index in [-0.39, 0.29) is 35.7 Å². The van der Waals surface area contributed by atoms with Gasteiger partial charge in [0.05, 0.1) is 5.69 Å². The van der Waals surface area contributed by atoms with Crippen LogP contribution in [0.1, 0.15) is 81.3 Å². The number of aromatic nitrogens is 1. The van der Waals surface area contributed by atoms with E-state index < -0.39 is 29.7 Å². The number of benzene rings is 1. The molecule has 1 aromatic carbocycles. The fourth-order valence-electron chi connectivity index (χ4n) is 6.19. The second-order valence-corrected chi connectivity index (χ2v) is 12.1. The van der Waals surface area contributed by atoms with Crippen molar-refractivity contribution in [3.8, 4) is 0 Å². The van der Waals surface area contributed by atoms with Crippen molar-refractivity contribution in [1.29, 1.82) is 0 Å². The SMILES string of the molecule is CCC(=O)N[C@@H](C(=O)N1CCN(C)CC1)[C@@H](C)c1ccc(NC(=O)[C@@H](NC(=O)c2cccn2CC)C2CCCCC2)c(F)c1. The Balaban J connectivity index is 1.51. The van der Waals surface area contributed by atoms with E-state index in [1.165, 1.54) is 12.1 Å². The Morgan fingerprint density at radius 3 is 2.32 bits per heavy atom. The molecule has 1 saturated carbocycles. The van der Waals surface area contributed by atoms with Gasteiger partial charge in [-0.2, -0.15) is 0 Å². The first-order valence-electron chi connectivity index (χ1n) is 16.0. The number of carbonyl (C=O) groups excluding carboxylic acids is 4. The molecule has 0 bridgehead atoms. The van der Waals surface area contributed by atoms with E-state index in [0.717, 1.165) is 45.2 Å². The summed E-state index contributed by atoms with van der Waals surface area (Å²) in [6.07, 6.45) is 6.68. The number of piperazine rings is 1. The zero-order chi connectivity index (χ0) is 31.8. The standard InChI is InChI=1S/C33H47FN6O4/c1-5-28(41)36-29(33(44)40-19-17-38(4)18-20-40)22(3)24-14-15-26(25(34)21-24)35-32(43)30(23-11-8-7-9-12-23)37-31(42)27-13-10-16-39(27)6-2/h10,13-16,21-23,29-30H,5-9,11-12,17-20H2,1-4H3,(H,35,43)(H,36,41)(H,37,42)/t22-,29+,30-/m0/s1. The summed E-state index contributed by atoms with van der Waals surface area (Å²) in [5, 5.41) is 8.51. The van der Waals surface area contributed by atoms with Crippen molar-refractivity contribution in [3.63, 3.8) is 0 Å². The lowest BCUT2D eigenvalue weighted by Gasteiger charge is -2.36. The summed E-state index contributed by atoms with van der Waals surface area (Å²) in [6.45, 7) is 8.68. The Kier molecular flexibility index (Phi) is 11.5. The third kappa shape index (κ3) is 8.05. The molecule has 3 atom stereocenters. The van der Waals surface area contributed by atoms with Crippen LogP contribution in [0.4, 0.5) is 10.1 Å². The predicted molar refractivity (Wildman–Crippen MR) is 168 cm³/mol. The average molecular weight is 611 g/mol. The molecule has 2 aliphatic rings. The highest BCUT2D eigenvalue weighted by atomic mass is 19.1. The number of aryl methyl sites for hydroxylation is 1. The summed E-state index contributed by atoms with van der Waals surface area (Å²) in [5.74, 6) is -2.45. The minimum absolute atomic E-state index is 0.00233. The lowest BCUT2D eigenvalue weighted by atomic mass is 9.83. The third-order valence-electron chi connectivity index (χ3n) is 9.09. The van der Waals surface area contributed by atoms with Gasteiger partial charge in [-0.15, -0.1) is 0 Å². The Hall–Kier alpha value is -3.73. The number of hydrogen-bond donors (Lipinski definition) is 3. The van der Waals surface area contributed by atoms with Crippen LogP contribution >= 0.6 is 0 Å². The molecule has 240 valence electrons. The highest BCUT2D eigenvalue weighted by molar-refractivity contribution is 6.01. The van der Waals surface area contributed by atoms with Crippen LogP contribution in [0.15, 0.2) is 36.5 Å². The zero-order valence-corrected chi connectivity index (χ0v) is 26.4. The van der Waals surface area contributed by atoms with Crippen molar-refractivity contribution in [2.75, 3.05) is 38.5 Å². The van der Waals surface area contributed by atoms with Gasteiger partial charge in [-0.25, -0.2) is 4.39 Å². The Morgan fingerprint density at radius 2 is 1.68 bits per heavy atom. The van der Waals surface area contributed by atoms with Crippen molar-refractivity contribution in [2.45, 2.75) is 83.8 Å². The van der Waals surface area contributed by atoms with E-state index in [1.807, 2.05) is 24.7 Å². The lowest BCUT2D eigenvalue weighted by Crippen LogP contribution is -2.55. The van der Waals surface area contributed by atoms with Crippen LogP contribution in [-0.2, 0) is 20.9 Å². The number of halogens is 1. The van der Waals surface area contributed by atoms with E-state index in [2.05, 4.69) is 20.9 Å². The highest BCUT2D eigenvalue weighted by Gasteiger charge is 2.34. The number of hydrogen-bond acceptors (Lipinski definition) is 5. The molecule has 4 rings (SSSR count). The van der Waals surface area contributed by atoms with E-state index in [1.54, 1.807) is 36.9 Å². The predicted octanol–water partition coefficient (Wildman–Crippen LogP) is 3.74. The molecule has 3 N–H and O–H groups in total. The third-order valence-corrected chi connectivity index (χ3v) is 9.09. The van der Waals surface area contributed by atoms with Gasteiger partial charge in [0.2, 0.25) is 17.7 Å². The van der Waals surface area contributed by atoms with Crippen LogP contribution in [0.2, 0.25) is 0 Å². The zero-order valence-electron chi connectivity index (χ0n) is 26.4. The van der Waals surface area contributed by atoms with Crippen molar-refractivity contribution in [3.05, 3.63) is 53.6 Å². The van der Waals surface area contributed by atoms with Gasteiger partial charge in [-0.05, 0) is 62.6 Å². The molecule has 11 heteroatoms. The molecule has 44 heavy (non-hydrogen) atoms. The first-order chi connectivity index (χ1) is 21.1. The number of rotatable bonds is 11. The van der Waals surface area contributed by atoms with Gasteiger partial charge in [0.1, 0.15) is 23.6 Å². The Morgan fingerprint density at radius 1 is 0.977 bits per heavy atom. The molecular weight excluding hydrogens is 563 g/mol. The molecule has 2 fully saturated rings. The van der Waals surface area contributed by atoms with Crippen LogP contribution in [0.3, 0.4) is 0 Å². The quantitative estimate of drug-likeness (QED) is 0.359. The van der Waals surface area contributed by atoms with Crippen molar-refractivity contribution >= 4 is 29.3 Å². The molecular formula is C33H47FN6O4. The summed E-state index contributed by atoms with van der Waals surface area (Å²) >= 11 is 0. The summed E-state index contributed by atoms with van der Waals surface area (Å²) in [4.78, 5) is 56.6. The molecule has 1 aliphatic carbocycles. The van der Waals surface area contributed by atoms with Crippen LogP contribution in [0.5, 0.6) is 0 Å². The molecule has 2 aromatic rings. The monoisotopic (exact) mass is 610 g/mol. The van der Waals surface area contributed by atoms with E-state index in [9.17, 15) is 19.2 Å². The topological polar surface area (TPSA) is 116 Å². The second-order valence-electron chi connectivity index (χ2n) is 12.1. The molecule has 0 radical (unpaired) electrons. The number of likely N-dealkylation sites (N-methyl/N-ethyl adjacent to an activating group) is 1. The van der Waals surface area contributed by atoms with Gasteiger partial charge >= 0.3 is 0 Å². The largest absolute Gasteiger partial charge is 0.344 e. The average Bonchev–Trinajstić information content (AvgIpc) is 3.52. The van der Waals surface area contributed by atoms with Crippen molar-refractivity contribution in [1.82, 2.24) is 25.0 Å². The molecule has 0 unspecified atom stereocenters. The molecule has 2 heterocycles. The highest BCUT2D eigenvalue weighted by Crippen LogP contribution is 2.29.